The number of aromatic nitrogens is 4. The second-order valence-electron chi connectivity index (χ2n) is 3.36. The molecular formula is C11H7FN4O. The number of rotatable bonds is 2. The number of benzene rings is 1. The van der Waals surface area contributed by atoms with Crippen molar-refractivity contribution in [3.8, 4) is 11.6 Å². The van der Waals surface area contributed by atoms with Crippen molar-refractivity contribution in [3.63, 3.8) is 0 Å². The van der Waals surface area contributed by atoms with E-state index in [4.69, 9.17) is 4.74 Å². The Labute approximate surface area is 95.5 Å². The molecule has 0 spiro atoms. The molecule has 0 saturated carbocycles. The maximum absolute atomic E-state index is 12.7. The van der Waals surface area contributed by atoms with Crippen LogP contribution in [-0.4, -0.2) is 19.8 Å². The molecule has 84 valence electrons. The Hall–Kier alpha value is -2.50. The largest absolute Gasteiger partial charge is 0.438 e. The highest BCUT2D eigenvalue weighted by molar-refractivity contribution is 5.37. The molecule has 3 rings (SSSR count). The van der Waals surface area contributed by atoms with Gasteiger partial charge in [-0.25, -0.2) is 4.39 Å². The average molecular weight is 230 g/mol. The summed E-state index contributed by atoms with van der Waals surface area (Å²) in [4.78, 5) is 0. The fourth-order valence-corrected chi connectivity index (χ4v) is 1.39. The van der Waals surface area contributed by atoms with Crippen LogP contribution in [0.2, 0.25) is 0 Å². The highest BCUT2D eigenvalue weighted by atomic mass is 19.1. The summed E-state index contributed by atoms with van der Waals surface area (Å²) in [6.07, 6.45) is 1.48. The monoisotopic (exact) mass is 230 g/mol. The molecular weight excluding hydrogens is 223 g/mol. The standard InChI is InChI=1S/C11H7FN4O/c12-8-1-3-9(4-2-8)17-11-6-5-10-14-13-7-16(10)15-11/h1-7H. The molecule has 0 unspecified atom stereocenters. The Balaban J connectivity index is 1.91. The molecule has 0 aliphatic rings. The Morgan fingerprint density at radius 1 is 1.06 bits per heavy atom. The molecule has 3 aromatic rings. The smallest absolute Gasteiger partial charge is 0.237 e. The van der Waals surface area contributed by atoms with Crippen molar-refractivity contribution >= 4 is 5.65 Å². The molecule has 0 amide bonds. The van der Waals surface area contributed by atoms with E-state index < -0.39 is 0 Å². The first-order chi connectivity index (χ1) is 8.31. The number of hydrogen-bond donors (Lipinski definition) is 0. The quantitative estimate of drug-likeness (QED) is 0.676. The van der Waals surface area contributed by atoms with Gasteiger partial charge in [-0.15, -0.1) is 15.3 Å². The van der Waals surface area contributed by atoms with Crippen LogP contribution < -0.4 is 4.74 Å². The normalized spacial score (nSPS) is 10.6. The highest BCUT2D eigenvalue weighted by Crippen LogP contribution is 2.19. The van der Waals surface area contributed by atoms with Gasteiger partial charge in [0.15, 0.2) is 5.65 Å². The fourth-order valence-electron chi connectivity index (χ4n) is 1.39. The van der Waals surface area contributed by atoms with Crippen LogP contribution in [0.5, 0.6) is 11.6 Å². The van der Waals surface area contributed by atoms with Gasteiger partial charge in [0.2, 0.25) is 5.88 Å². The molecule has 0 atom stereocenters. The lowest BCUT2D eigenvalue weighted by atomic mass is 10.3. The van der Waals surface area contributed by atoms with Crippen molar-refractivity contribution in [2.75, 3.05) is 0 Å². The van der Waals surface area contributed by atoms with Gasteiger partial charge in [-0.1, -0.05) is 0 Å². The van der Waals surface area contributed by atoms with E-state index in [0.29, 0.717) is 17.3 Å². The predicted octanol–water partition coefficient (Wildman–Crippen LogP) is 2.06. The van der Waals surface area contributed by atoms with E-state index in [1.807, 2.05) is 0 Å². The maximum Gasteiger partial charge on any atom is 0.237 e. The van der Waals surface area contributed by atoms with E-state index in [1.54, 1.807) is 12.1 Å². The molecule has 0 fully saturated rings. The Morgan fingerprint density at radius 2 is 1.88 bits per heavy atom. The van der Waals surface area contributed by atoms with Gasteiger partial charge in [-0.05, 0) is 30.3 Å². The van der Waals surface area contributed by atoms with Crippen molar-refractivity contribution in [2.24, 2.45) is 0 Å². The zero-order chi connectivity index (χ0) is 11.7. The van der Waals surface area contributed by atoms with Gasteiger partial charge in [0.05, 0.1) is 0 Å². The summed E-state index contributed by atoms with van der Waals surface area (Å²) in [5.41, 5.74) is 0.636. The topological polar surface area (TPSA) is 52.3 Å². The van der Waals surface area contributed by atoms with Crippen LogP contribution in [0, 0.1) is 5.82 Å². The van der Waals surface area contributed by atoms with E-state index in [1.165, 1.54) is 35.1 Å². The molecule has 17 heavy (non-hydrogen) atoms. The second kappa shape index (κ2) is 3.82. The molecule has 0 aliphatic carbocycles. The summed E-state index contributed by atoms with van der Waals surface area (Å²) in [5, 5.41) is 11.7. The summed E-state index contributed by atoms with van der Waals surface area (Å²) < 4.78 is 19.7. The number of ether oxygens (including phenoxy) is 1. The lowest BCUT2D eigenvalue weighted by Crippen LogP contribution is -1.94. The summed E-state index contributed by atoms with van der Waals surface area (Å²) in [5.74, 6) is 0.606. The van der Waals surface area contributed by atoms with Crippen LogP contribution in [0.1, 0.15) is 0 Å². The van der Waals surface area contributed by atoms with Gasteiger partial charge in [0, 0.05) is 6.07 Å². The minimum absolute atomic E-state index is 0.306. The van der Waals surface area contributed by atoms with Crippen LogP contribution >= 0.6 is 0 Å². The zero-order valence-electron chi connectivity index (χ0n) is 8.62. The summed E-state index contributed by atoms with van der Waals surface area (Å²) in [6, 6.07) is 9.13. The minimum Gasteiger partial charge on any atom is -0.438 e. The predicted molar refractivity (Wildman–Crippen MR) is 57.3 cm³/mol. The van der Waals surface area contributed by atoms with Crippen molar-refractivity contribution in [1.29, 1.82) is 0 Å². The van der Waals surface area contributed by atoms with E-state index in [9.17, 15) is 4.39 Å². The number of nitrogens with zero attached hydrogens (tertiary/aromatic N) is 4. The SMILES string of the molecule is Fc1ccc(Oc2ccc3nncn3n2)cc1. The first-order valence-electron chi connectivity index (χ1n) is 4.92. The van der Waals surface area contributed by atoms with Crippen LogP contribution in [-0.2, 0) is 0 Å². The second-order valence-corrected chi connectivity index (χ2v) is 3.36. The van der Waals surface area contributed by atoms with Crippen molar-refractivity contribution in [3.05, 3.63) is 48.5 Å². The molecule has 5 nitrogen and oxygen atoms in total. The molecule has 6 heteroatoms. The first-order valence-corrected chi connectivity index (χ1v) is 4.92. The Morgan fingerprint density at radius 3 is 2.71 bits per heavy atom. The van der Waals surface area contributed by atoms with Gasteiger partial charge in [0.1, 0.15) is 17.9 Å². The Kier molecular flexibility index (Phi) is 2.18. The third-order valence-corrected chi connectivity index (χ3v) is 2.17. The molecule has 0 N–H and O–H groups in total. The van der Waals surface area contributed by atoms with Gasteiger partial charge in [-0.3, -0.25) is 0 Å². The lowest BCUT2D eigenvalue weighted by molar-refractivity contribution is 0.451. The first kappa shape index (κ1) is 9.71. The van der Waals surface area contributed by atoms with E-state index in [2.05, 4.69) is 15.3 Å². The van der Waals surface area contributed by atoms with Gasteiger partial charge < -0.3 is 4.74 Å². The van der Waals surface area contributed by atoms with Crippen LogP contribution in [0.4, 0.5) is 4.39 Å². The molecule has 1 aromatic carbocycles. The van der Waals surface area contributed by atoms with Gasteiger partial charge >= 0.3 is 0 Å². The van der Waals surface area contributed by atoms with Crippen LogP contribution in [0.25, 0.3) is 5.65 Å². The van der Waals surface area contributed by atoms with Crippen LogP contribution in [0.3, 0.4) is 0 Å². The maximum atomic E-state index is 12.7. The van der Waals surface area contributed by atoms with Crippen LogP contribution in [0.15, 0.2) is 42.7 Å². The molecule has 0 saturated heterocycles. The zero-order valence-corrected chi connectivity index (χ0v) is 8.62. The lowest BCUT2D eigenvalue weighted by Gasteiger charge is -2.03. The third-order valence-electron chi connectivity index (χ3n) is 2.17. The summed E-state index contributed by atoms with van der Waals surface area (Å²) in [7, 11) is 0. The molecule has 0 aliphatic heterocycles. The summed E-state index contributed by atoms with van der Waals surface area (Å²) in [6.45, 7) is 0. The van der Waals surface area contributed by atoms with E-state index >= 15 is 0 Å². The van der Waals surface area contributed by atoms with Crippen molar-refractivity contribution in [1.82, 2.24) is 19.8 Å². The number of fused-ring (bicyclic) bond motifs is 1. The van der Waals surface area contributed by atoms with E-state index in [0.717, 1.165) is 0 Å². The third kappa shape index (κ3) is 1.92. The highest BCUT2D eigenvalue weighted by Gasteiger charge is 2.02. The molecule has 2 heterocycles. The molecule has 0 bridgehead atoms. The number of hydrogen-bond acceptors (Lipinski definition) is 4. The summed E-state index contributed by atoms with van der Waals surface area (Å²) >= 11 is 0. The van der Waals surface area contributed by atoms with Gasteiger partial charge in [-0.2, -0.15) is 4.52 Å². The molecule has 2 aromatic heterocycles. The fraction of sp³-hybridized carbons (Fsp3) is 0. The average Bonchev–Trinajstić information content (AvgIpc) is 2.79. The van der Waals surface area contributed by atoms with Crippen molar-refractivity contribution in [2.45, 2.75) is 0 Å². The van der Waals surface area contributed by atoms with Crippen molar-refractivity contribution < 1.29 is 9.13 Å². The van der Waals surface area contributed by atoms with Gasteiger partial charge in [0.25, 0.3) is 0 Å². The molecule has 0 radical (unpaired) electrons. The number of halogens is 1. The Bertz CT molecular complexity index is 650. The van der Waals surface area contributed by atoms with E-state index in [-0.39, 0.29) is 5.82 Å². The minimum atomic E-state index is -0.306.